The van der Waals surface area contributed by atoms with Gasteiger partial charge in [-0.1, -0.05) is 30.3 Å². The molecule has 4 heteroatoms. The fraction of sp³-hybridized carbons (Fsp3) is 0.267. The molecule has 1 N–H and O–H groups in total. The van der Waals surface area contributed by atoms with Crippen molar-refractivity contribution in [1.29, 1.82) is 0 Å². The number of thiophene rings is 1. The summed E-state index contributed by atoms with van der Waals surface area (Å²) < 4.78 is 0. The number of carboxylic acids is 1. The lowest BCUT2D eigenvalue weighted by molar-refractivity contribution is -0.144. The van der Waals surface area contributed by atoms with Gasteiger partial charge in [-0.3, -0.25) is 9.69 Å². The summed E-state index contributed by atoms with van der Waals surface area (Å²) in [6, 6.07) is 11.8. The van der Waals surface area contributed by atoms with E-state index in [9.17, 15) is 9.90 Å². The van der Waals surface area contributed by atoms with Crippen LogP contribution in [0, 0.1) is 0 Å². The van der Waals surface area contributed by atoms with Crippen molar-refractivity contribution in [2.75, 3.05) is 0 Å². The van der Waals surface area contributed by atoms with E-state index in [4.69, 9.17) is 0 Å². The summed E-state index contributed by atoms with van der Waals surface area (Å²) >= 11 is 1.68. The lowest BCUT2D eigenvalue weighted by Gasteiger charge is -2.34. The topological polar surface area (TPSA) is 40.5 Å². The monoisotopic (exact) mass is 273 g/mol. The molecule has 0 bridgehead atoms. The van der Waals surface area contributed by atoms with E-state index in [0.717, 1.165) is 5.56 Å². The summed E-state index contributed by atoms with van der Waals surface area (Å²) in [6.45, 7) is 1.42. The van der Waals surface area contributed by atoms with Gasteiger partial charge in [0.05, 0.1) is 0 Å². The predicted molar refractivity (Wildman–Crippen MR) is 75.1 cm³/mol. The van der Waals surface area contributed by atoms with Crippen LogP contribution in [0.5, 0.6) is 0 Å². The number of carboxylic acid groups (broad SMARTS) is 1. The zero-order valence-electron chi connectivity index (χ0n) is 10.5. The van der Waals surface area contributed by atoms with Gasteiger partial charge in [0.1, 0.15) is 6.04 Å². The number of hydrogen-bond acceptors (Lipinski definition) is 3. The molecule has 1 aromatic carbocycles. The molecule has 19 heavy (non-hydrogen) atoms. The fourth-order valence-corrected chi connectivity index (χ4v) is 3.32. The van der Waals surface area contributed by atoms with Crippen LogP contribution in [0.25, 0.3) is 0 Å². The first kappa shape index (κ1) is 12.4. The Morgan fingerprint density at radius 1 is 1.26 bits per heavy atom. The standard InChI is InChI=1S/C15H15NO2S/c17-15(18)14-8-11-4-1-2-5-12(11)9-16(14)10-13-6-3-7-19-13/h1-7,14H,8-10H2,(H,17,18)/t14-/m1/s1. The summed E-state index contributed by atoms with van der Waals surface area (Å²) in [5.74, 6) is -0.731. The maximum atomic E-state index is 11.5. The van der Waals surface area contributed by atoms with E-state index in [1.54, 1.807) is 11.3 Å². The molecule has 1 aliphatic heterocycles. The largest absolute Gasteiger partial charge is 0.480 e. The van der Waals surface area contributed by atoms with Crippen molar-refractivity contribution in [2.24, 2.45) is 0 Å². The van der Waals surface area contributed by atoms with Crippen molar-refractivity contribution in [1.82, 2.24) is 4.90 Å². The molecule has 3 nitrogen and oxygen atoms in total. The lowest BCUT2D eigenvalue weighted by atomic mass is 9.94. The SMILES string of the molecule is O=C(O)[C@H]1Cc2ccccc2CN1Cc1cccs1. The molecule has 3 rings (SSSR count). The van der Waals surface area contributed by atoms with Crippen LogP contribution < -0.4 is 0 Å². The quantitative estimate of drug-likeness (QED) is 0.935. The summed E-state index contributed by atoms with van der Waals surface area (Å²) in [4.78, 5) is 14.7. The van der Waals surface area contributed by atoms with Gasteiger partial charge in [-0.15, -0.1) is 11.3 Å². The third-order valence-electron chi connectivity index (χ3n) is 3.57. The summed E-state index contributed by atoms with van der Waals surface area (Å²) in [6.07, 6.45) is 0.594. The predicted octanol–water partition coefficient (Wildman–Crippen LogP) is 2.76. The van der Waals surface area contributed by atoms with Crippen LogP contribution in [0.3, 0.4) is 0 Å². The minimum absolute atomic E-state index is 0.419. The van der Waals surface area contributed by atoms with Gasteiger partial charge in [0.25, 0.3) is 0 Å². The Bertz CT molecular complexity index is 580. The summed E-state index contributed by atoms with van der Waals surface area (Å²) in [7, 11) is 0. The molecule has 0 spiro atoms. The molecular weight excluding hydrogens is 258 g/mol. The van der Waals surface area contributed by atoms with Crippen LogP contribution in [0.1, 0.15) is 16.0 Å². The minimum Gasteiger partial charge on any atom is -0.480 e. The highest BCUT2D eigenvalue weighted by atomic mass is 32.1. The van der Waals surface area contributed by atoms with Gasteiger partial charge in [-0.2, -0.15) is 0 Å². The Labute approximate surface area is 116 Å². The first-order valence-corrected chi connectivity index (χ1v) is 7.18. The highest BCUT2D eigenvalue weighted by Crippen LogP contribution is 2.26. The molecule has 0 saturated carbocycles. The van der Waals surface area contributed by atoms with Gasteiger partial charge >= 0.3 is 5.97 Å². The zero-order chi connectivity index (χ0) is 13.2. The second-order valence-corrected chi connectivity index (χ2v) is 5.84. The Morgan fingerprint density at radius 3 is 2.74 bits per heavy atom. The second kappa shape index (κ2) is 5.15. The normalized spacial score (nSPS) is 19.1. The number of aliphatic carboxylic acids is 1. The number of fused-ring (bicyclic) bond motifs is 1. The molecule has 2 aromatic rings. The second-order valence-electron chi connectivity index (χ2n) is 4.81. The summed E-state index contributed by atoms with van der Waals surface area (Å²) in [5, 5.41) is 11.5. The van der Waals surface area contributed by atoms with Crippen molar-refractivity contribution < 1.29 is 9.90 Å². The van der Waals surface area contributed by atoms with Gasteiger partial charge < -0.3 is 5.11 Å². The van der Waals surface area contributed by atoms with E-state index >= 15 is 0 Å². The Morgan fingerprint density at radius 2 is 2.05 bits per heavy atom. The van der Waals surface area contributed by atoms with E-state index < -0.39 is 12.0 Å². The van der Waals surface area contributed by atoms with Crippen LogP contribution in [0.2, 0.25) is 0 Å². The van der Waals surface area contributed by atoms with E-state index in [2.05, 4.69) is 17.0 Å². The smallest absolute Gasteiger partial charge is 0.321 e. The number of rotatable bonds is 3. The molecule has 0 fully saturated rings. The van der Waals surface area contributed by atoms with Crippen molar-refractivity contribution in [2.45, 2.75) is 25.6 Å². The minimum atomic E-state index is -0.731. The molecule has 0 aliphatic carbocycles. The molecule has 0 amide bonds. The van der Waals surface area contributed by atoms with Crippen LogP contribution in [-0.2, 0) is 24.3 Å². The van der Waals surface area contributed by atoms with Crippen LogP contribution in [0.15, 0.2) is 41.8 Å². The molecule has 0 radical (unpaired) electrons. The summed E-state index contributed by atoms with van der Waals surface area (Å²) in [5.41, 5.74) is 2.41. The molecule has 2 heterocycles. The van der Waals surface area contributed by atoms with E-state index in [0.29, 0.717) is 19.5 Å². The van der Waals surface area contributed by atoms with Crippen LogP contribution >= 0.6 is 11.3 Å². The van der Waals surface area contributed by atoms with Crippen molar-refractivity contribution in [3.8, 4) is 0 Å². The maximum Gasteiger partial charge on any atom is 0.321 e. The van der Waals surface area contributed by atoms with Gasteiger partial charge in [0.15, 0.2) is 0 Å². The van der Waals surface area contributed by atoms with Gasteiger partial charge in [0.2, 0.25) is 0 Å². The Balaban J connectivity index is 1.87. The number of carbonyl (C=O) groups is 1. The van der Waals surface area contributed by atoms with Gasteiger partial charge in [-0.25, -0.2) is 0 Å². The van der Waals surface area contributed by atoms with Crippen LogP contribution in [0.4, 0.5) is 0 Å². The first-order chi connectivity index (χ1) is 9.24. The first-order valence-electron chi connectivity index (χ1n) is 6.30. The van der Waals surface area contributed by atoms with Crippen LogP contribution in [-0.4, -0.2) is 22.0 Å². The highest BCUT2D eigenvalue weighted by molar-refractivity contribution is 7.09. The third-order valence-corrected chi connectivity index (χ3v) is 4.43. The molecule has 0 unspecified atom stereocenters. The molecule has 1 atom stereocenters. The fourth-order valence-electron chi connectivity index (χ4n) is 2.59. The number of benzene rings is 1. The van der Waals surface area contributed by atoms with E-state index in [-0.39, 0.29) is 0 Å². The number of hydrogen-bond donors (Lipinski definition) is 1. The van der Waals surface area contributed by atoms with Gasteiger partial charge in [0, 0.05) is 18.0 Å². The number of nitrogens with zero attached hydrogens (tertiary/aromatic N) is 1. The lowest BCUT2D eigenvalue weighted by Crippen LogP contribution is -2.44. The molecule has 0 saturated heterocycles. The van der Waals surface area contributed by atoms with Crippen molar-refractivity contribution >= 4 is 17.3 Å². The Kier molecular flexibility index (Phi) is 3.36. The molecule has 1 aromatic heterocycles. The van der Waals surface area contributed by atoms with E-state index in [1.807, 2.05) is 29.6 Å². The van der Waals surface area contributed by atoms with E-state index in [1.165, 1.54) is 10.4 Å². The third kappa shape index (κ3) is 2.55. The Hall–Kier alpha value is -1.65. The maximum absolute atomic E-state index is 11.5. The molecule has 98 valence electrons. The average molecular weight is 273 g/mol. The van der Waals surface area contributed by atoms with Crippen molar-refractivity contribution in [3.05, 3.63) is 57.8 Å². The molecule has 1 aliphatic rings. The van der Waals surface area contributed by atoms with Crippen molar-refractivity contribution in [3.63, 3.8) is 0 Å². The molecular formula is C15H15NO2S. The zero-order valence-corrected chi connectivity index (χ0v) is 11.3. The average Bonchev–Trinajstić information content (AvgIpc) is 2.90. The van der Waals surface area contributed by atoms with Gasteiger partial charge in [-0.05, 0) is 29.0 Å². The highest BCUT2D eigenvalue weighted by Gasteiger charge is 2.31.